The molecule has 2 aromatic heterocycles. The van der Waals surface area contributed by atoms with Crippen molar-refractivity contribution in [2.75, 3.05) is 6.54 Å². The number of halogens is 1. The van der Waals surface area contributed by atoms with E-state index in [2.05, 4.69) is 26.8 Å². The Labute approximate surface area is 122 Å². The van der Waals surface area contributed by atoms with Crippen molar-refractivity contribution in [1.82, 2.24) is 19.9 Å². The molecule has 6 heteroatoms. The van der Waals surface area contributed by atoms with E-state index in [4.69, 9.17) is 11.6 Å². The number of aromatic nitrogens is 3. The summed E-state index contributed by atoms with van der Waals surface area (Å²) >= 11 is 7.64. The van der Waals surface area contributed by atoms with Crippen LogP contribution in [0.5, 0.6) is 0 Å². The molecule has 0 bridgehead atoms. The number of pyridine rings is 1. The van der Waals surface area contributed by atoms with Gasteiger partial charge in [0.1, 0.15) is 0 Å². The maximum atomic E-state index is 6.19. The molecule has 0 fully saturated rings. The lowest BCUT2D eigenvalue weighted by atomic mass is 10.0. The van der Waals surface area contributed by atoms with E-state index in [-0.39, 0.29) is 6.04 Å². The van der Waals surface area contributed by atoms with Gasteiger partial charge in [-0.25, -0.2) is 0 Å². The van der Waals surface area contributed by atoms with Gasteiger partial charge in [-0.15, -0.1) is 5.10 Å². The Hall–Kier alpha value is -1.04. The van der Waals surface area contributed by atoms with E-state index in [1.165, 1.54) is 16.4 Å². The third kappa shape index (κ3) is 3.72. The quantitative estimate of drug-likeness (QED) is 0.889. The van der Waals surface area contributed by atoms with Gasteiger partial charge < -0.3 is 5.32 Å². The first-order valence-corrected chi connectivity index (χ1v) is 7.48. The molecule has 0 saturated heterocycles. The van der Waals surface area contributed by atoms with Gasteiger partial charge in [0.2, 0.25) is 0 Å². The van der Waals surface area contributed by atoms with Crippen molar-refractivity contribution in [3.8, 4) is 0 Å². The van der Waals surface area contributed by atoms with Gasteiger partial charge >= 0.3 is 0 Å². The molecule has 0 aliphatic heterocycles. The predicted octanol–water partition coefficient (Wildman–Crippen LogP) is 3.18. The third-order valence-corrected chi connectivity index (χ3v) is 4.20. The number of nitrogens with zero attached hydrogens (tertiary/aromatic N) is 3. The van der Waals surface area contributed by atoms with Gasteiger partial charge in [-0.3, -0.25) is 4.98 Å². The maximum absolute atomic E-state index is 6.19. The maximum Gasteiger partial charge on any atom is 0.0772 e. The summed E-state index contributed by atoms with van der Waals surface area (Å²) in [7, 11) is 0. The Balaban J connectivity index is 2.19. The first-order chi connectivity index (χ1) is 9.22. The second-order valence-corrected chi connectivity index (χ2v) is 5.59. The van der Waals surface area contributed by atoms with Gasteiger partial charge in [-0.05, 0) is 49.5 Å². The molecule has 0 aliphatic rings. The fourth-order valence-corrected chi connectivity index (χ4v) is 2.84. The van der Waals surface area contributed by atoms with E-state index < -0.39 is 0 Å². The van der Waals surface area contributed by atoms with E-state index in [0.29, 0.717) is 5.02 Å². The second-order valence-electron chi connectivity index (χ2n) is 4.40. The SMILES string of the molecule is CCCNC(Cc1ccncc1Cl)c1snnc1C. The largest absolute Gasteiger partial charge is 0.309 e. The summed E-state index contributed by atoms with van der Waals surface area (Å²) < 4.78 is 4.02. The van der Waals surface area contributed by atoms with Crippen LogP contribution in [0.3, 0.4) is 0 Å². The number of rotatable bonds is 6. The lowest BCUT2D eigenvalue weighted by molar-refractivity contribution is 0.533. The first kappa shape index (κ1) is 14.4. The second kappa shape index (κ2) is 6.93. The van der Waals surface area contributed by atoms with Crippen LogP contribution in [0.15, 0.2) is 18.5 Å². The molecule has 1 N–H and O–H groups in total. The highest BCUT2D eigenvalue weighted by molar-refractivity contribution is 7.05. The van der Waals surface area contributed by atoms with E-state index in [1.807, 2.05) is 13.0 Å². The molecule has 0 aromatic carbocycles. The zero-order chi connectivity index (χ0) is 13.7. The van der Waals surface area contributed by atoms with Gasteiger partial charge in [0.15, 0.2) is 0 Å². The summed E-state index contributed by atoms with van der Waals surface area (Å²) in [4.78, 5) is 5.20. The summed E-state index contributed by atoms with van der Waals surface area (Å²) in [6.45, 7) is 5.11. The van der Waals surface area contributed by atoms with Gasteiger partial charge in [0.05, 0.1) is 15.6 Å². The molecule has 102 valence electrons. The molecule has 0 spiro atoms. The molecule has 0 amide bonds. The molecule has 1 atom stereocenters. The van der Waals surface area contributed by atoms with Crippen LogP contribution >= 0.6 is 23.1 Å². The Bertz CT molecular complexity index is 529. The zero-order valence-corrected chi connectivity index (χ0v) is 12.6. The van der Waals surface area contributed by atoms with Crippen molar-refractivity contribution < 1.29 is 0 Å². The molecule has 2 heterocycles. The monoisotopic (exact) mass is 296 g/mol. The lowest BCUT2D eigenvalue weighted by Crippen LogP contribution is -2.24. The Morgan fingerprint density at radius 2 is 2.32 bits per heavy atom. The minimum absolute atomic E-state index is 0.208. The van der Waals surface area contributed by atoms with Gasteiger partial charge in [0, 0.05) is 18.4 Å². The smallest absolute Gasteiger partial charge is 0.0772 e. The highest BCUT2D eigenvalue weighted by atomic mass is 35.5. The van der Waals surface area contributed by atoms with Crippen LogP contribution in [0.4, 0.5) is 0 Å². The highest BCUT2D eigenvalue weighted by Gasteiger charge is 2.18. The molecular formula is C13H17ClN4S. The Kier molecular flexibility index (Phi) is 5.24. The van der Waals surface area contributed by atoms with Crippen LogP contribution in [-0.2, 0) is 6.42 Å². The van der Waals surface area contributed by atoms with Crippen LogP contribution in [0.1, 0.15) is 35.5 Å². The average Bonchev–Trinajstić information content (AvgIpc) is 2.83. The van der Waals surface area contributed by atoms with Crippen LogP contribution in [0.2, 0.25) is 5.02 Å². The fourth-order valence-electron chi connectivity index (χ4n) is 1.92. The van der Waals surface area contributed by atoms with Crippen molar-refractivity contribution in [1.29, 1.82) is 0 Å². The molecular weight excluding hydrogens is 280 g/mol. The first-order valence-electron chi connectivity index (χ1n) is 6.33. The van der Waals surface area contributed by atoms with Crippen molar-refractivity contribution in [2.24, 2.45) is 0 Å². The molecule has 4 nitrogen and oxygen atoms in total. The topological polar surface area (TPSA) is 50.7 Å². The Morgan fingerprint density at radius 1 is 1.47 bits per heavy atom. The van der Waals surface area contributed by atoms with Crippen molar-refractivity contribution in [3.05, 3.63) is 39.6 Å². The number of hydrogen-bond acceptors (Lipinski definition) is 5. The number of hydrogen-bond donors (Lipinski definition) is 1. The molecule has 19 heavy (non-hydrogen) atoms. The zero-order valence-electron chi connectivity index (χ0n) is 11.1. The van der Waals surface area contributed by atoms with Crippen LogP contribution in [0.25, 0.3) is 0 Å². The molecule has 2 rings (SSSR count). The standard InChI is InChI=1S/C13H17ClN4S/c1-3-5-16-12(13-9(2)17-18-19-13)7-10-4-6-15-8-11(10)14/h4,6,8,12,16H,3,5,7H2,1-2H3. The summed E-state index contributed by atoms with van der Waals surface area (Å²) in [6.07, 6.45) is 5.37. The van der Waals surface area contributed by atoms with E-state index in [9.17, 15) is 0 Å². The number of aryl methyl sites for hydroxylation is 1. The molecule has 0 radical (unpaired) electrons. The number of nitrogens with one attached hydrogen (secondary N) is 1. The fraction of sp³-hybridized carbons (Fsp3) is 0.462. The lowest BCUT2D eigenvalue weighted by Gasteiger charge is -2.17. The average molecular weight is 297 g/mol. The van der Waals surface area contributed by atoms with Gasteiger partial charge in [0.25, 0.3) is 0 Å². The van der Waals surface area contributed by atoms with Gasteiger partial charge in [-0.1, -0.05) is 23.0 Å². The van der Waals surface area contributed by atoms with Crippen LogP contribution in [-0.4, -0.2) is 21.1 Å². The predicted molar refractivity (Wildman–Crippen MR) is 78.6 cm³/mol. The Morgan fingerprint density at radius 3 is 2.95 bits per heavy atom. The summed E-state index contributed by atoms with van der Waals surface area (Å²) in [5.41, 5.74) is 2.09. The highest BCUT2D eigenvalue weighted by Crippen LogP contribution is 2.26. The minimum Gasteiger partial charge on any atom is -0.309 e. The normalized spacial score (nSPS) is 12.6. The molecule has 1 unspecified atom stereocenters. The summed E-state index contributed by atoms with van der Waals surface area (Å²) in [6, 6.07) is 2.17. The van der Waals surface area contributed by atoms with Crippen molar-refractivity contribution in [2.45, 2.75) is 32.7 Å². The summed E-state index contributed by atoms with van der Waals surface area (Å²) in [5, 5.41) is 8.34. The van der Waals surface area contributed by atoms with Crippen LogP contribution in [0, 0.1) is 6.92 Å². The minimum atomic E-state index is 0.208. The van der Waals surface area contributed by atoms with Gasteiger partial charge in [-0.2, -0.15) is 0 Å². The van der Waals surface area contributed by atoms with Crippen LogP contribution < -0.4 is 5.32 Å². The molecule has 0 saturated carbocycles. The van der Waals surface area contributed by atoms with Crippen molar-refractivity contribution in [3.63, 3.8) is 0 Å². The third-order valence-electron chi connectivity index (χ3n) is 2.92. The molecule has 2 aromatic rings. The van der Waals surface area contributed by atoms with E-state index in [1.54, 1.807) is 12.4 Å². The van der Waals surface area contributed by atoms with Crippen molar-refractivity contribution >= 4 is 23.1 Å². The summed E-state index contributed by atoms with van der Waals surface area (Å²) in [5.74, 6) is 0. The van der Waals surface area contributed by atoms with E-state index >= 15 is 0 Å². The van der Waals surface area contributed by atoms with E-state index in [0.717, 1.165) is 30.6 Å². The molecule has 0 aliphatic carbocycles.